The van der Waals surface area contributed by atoms with E-state index in [0.29, 0.717) is 44.4 Å². The Morgan fingerprint density at radius 2 is 2.05 bits per heavy atom. The van der Waals surface area contributed by atoms with E-state index in [1.54, 1.807) is 0 Å². The van der Waals surface area contributed by atoms with Crippen LogP contribution in [0.4, 0.5) is 0 Å². The van der Waals surface area contributed by atoms with Gasteiger partial charge in [0.25, 0.3) is 0 Å². The second-order valence-corrected chi connectivity index (χ2v) is 7.36. The largest absolute Gasteiger partial charge is 0.466 e. The standard InChI is InChI=1S/C17H24O5/c1-2-20-15(19)13-8-11-7-12-9-17(21-5-6-22-17)4-3-16(12,13)10-14(11)18/h11-13H,2-10H2,1H3. The minimum atomic E-state index is -0.449. The zero-order valence-corrected chi connectivity index (χ0v) is 13.1. The summed E-state index contributed by atoms with van der Waals surface area (Å²) in [6.07, 6.45) is 4.57. The second kappa shape index (κ2) is 5.03. The molecule has 4 aliphatic carbocycles. The molecule has 0 radical (unpaired) electrons. The Morgan fingerprint density at radius 3 is 2.77 bits per heavy atom. The first-order chi connectivity index (χ1) is 10.6. The molecule has 5 nitrogen and oxygen atoms in total. The van der Waals surface area contributed by atoms with Gasteiger partial charge in [0.05, 0.1) is 25.7 Å². The van der Waals surface area contributed by atoms with Crippen LogP contribution < -0.4 is 0 Å². The molecule has 1 aliphatic heterocycles. The van der Waals surface area contributed by atoms with Crippen molar-refractivity contribution >= 4 is 11.8 Å². The third kappa shape index (κ3) is 1.98. The molecular weight excluding hydrogens is 284 g/mol. The summed E-state index contributed by atoms with van der Waals surface area (Å²) in [5.74, 6) is 0.0426. The maximum absolute atomic E-state index is 12.5. The van der Waals surface area contributed by atoms with E-state index in [2.05, 4.69) is 0 Å². The molecule has 5 aliphatic rings. The Bertz CT molecular complexity index is 495. The smallest absolute Gasteiger partial charge is 0.309 e. The van der Waals surface area contributed by atoms with Crippen LogP contribution in [0.2, 0.25) is 0 Å². The van der Waals surface area contributed by atoms with Crippen LogP contribution in [0.15, 0.2) is 0 Å². The summed E-state index contributed by atoms with van der Waals surface area (Å²) < 4.78 is 17.1. The Balaban J connectivity index is 1.63. The molecule has 2 spiro atoms. The number of ether oxygens (including phenoxy) is 3. The van der Waals surface area contributed by atoms with Crippen molar-refractivity contribution in [2.75, 3.05) is 19.8 Å². The highest BCUT2D eigenvalue weighted by Gasteiger charge is 2.64. The number of rotatable bonds is 2. The Morgan fingerprint density at radius 1 is 1.27 bits per heavy atom. The third-order valence-electron chi connectivity index (χ3n) is 6.47. The molecule has 2 bridgehead atoms. The van der Waals surface area contributed by atoms with Gasteiger partial charge in [-0.15, -0.1) is 0 Å². The van der Waals surface area contributed by atoms with Gasteiger partial charge >= 0.3 is 5.97 Å². The Kier molecular flexibility index (Phi) is 3.35. The van der Waals surface area contributed by atoms with Crippen molar-refractivity contribution in [1.29, 1.82) is 0 Å². The average Bonchev–Trinajstić information content (AvgIpc) is 2.95. The molecular formula is C17H24O5. The number of esters is 1. The molecule has 5 heteroatoms. The topological polar surface area (TPSA) is 61.8 Å². The van der Waals surface area contributed by atoms with Crippen LogP contribution in [0.3, 0.4) is 0 Å². The number of carbonyl (C=O) groups is 2. The summed E-state index contributed by atoms with van der Waals surface area (Å²) in [6.45, 7) is 3.56. The van der Waals surface area contributed by atoms with E-state index in [0.717, 1.165) is 25.7 Å². The van der Waals surface area contributed by atoms with Crippen molar-refractivity contribution in [3.63, 3.8) is 0 Å². The quantitative estimate of drug-likeness (QED) is 0.731. The zero-order valence-electron chi connectivity index (χ0n) is 13.1. The van der Waals surface area contributed by atoms with E-state index in [1.807, 2.05) is 6.92 Å². The molecule has 4 unspecified atom stereocenters. The Labute approximate surface area is 130 Å². The van der Waals surface area contributed by atoms with Crippen LogP contribution in [-0.4, -0.2) is 37.4 Å². The monoisotopic (exact) mass is 308 g/mol. The van der Waals surface area contributed by atoms with Crippen molar-refractivity contribution in [3.05, 3.63) is 0 Å². The first-order valence-electron chi connectivity index (χ1n) is 8.56. The van der Waals surface area contributed by atoms with Crippen molar-refractivity contribution in [2.24, 2.45) is 23.2 Å². The minimum Gasteiger partial charge on any atom is -0.466 e. The molecule has 22 heavy (non-hydrogen) atoms. The number of hydrogen-bond acceptors (Lipinski definition) is 5. The van der Waals surface area contributed by atoms with Crippen LogP contribution in [0.25, 0.3) is 0 Å². The van der Waals surface area contributed by atoms with Crippen molar-refractivity contribution in [3.8, 4) is 0 Å². The van der Waals surface area contributed by atoms with E-state index in [-0.39, 0.29) is 23.2 Å². The summed E-state index contributed by atoms with van der Waals surface area (Å²) in [7, 11) is 0. The lowest BCUT2D eigenvalue weighted by molar-refractivity contribution is -0.234. The maximum Gasteiger partial charge on any atom is 0.309 e. The molecule has 4 atom stereocenters. The molecule has 0 aromatic carbocycles. The SMILES string of the molecule is CCOC(=O)C1CC2CC3CC4(CCC31CC2=O)OCCO4. The van der Waals surface area contributed by atoms with Crippen molar-refractivity contribution in [2.45, 2.75) is 51.2 Å². The number of hydrogen-bond donors (Lipinski definition) is 0. The van der Waals surface area contributed by atoms with Crippen molar-refractivity contribution in [1.82, 2.24) is 0 Å². The molecule has 1 heterocycles. The molecule has 0 aromatic rings. The van der Waals surface area contributed by atoms with E-state index >= 15 is 0 Å². The van der Waals surface area contributed by atoms with Gasteiger partial charge in [0.1, 0.15) is 5.78 Å². The first-order valence-corrected chi connectivity index (χ1v) is 8.56. The summed E-state index contributed by atoms with van der Waals surface area (Å²) in [5.41, 5.74) is -0.210. The van der Waals surface area contributed by atoms with Gasteiger partial charge in [0, 0.05) is 25.2 Å². The van der Waals surface area contributed by atoms with E-state index in [9.17, 15) is 9.59 Å². The lowest BCUT2D eigenvalue weighted by Crippen LogP contribution is -2.60. The molecule has 122 valence electrons. The highest BCUT2D eigenvalue weighted by molar-refractivity contribution is 5.87. The molecule has 0 amide bonds. The Hall–Kier alpha value is -0.940. The van der Waals surface area contributed by atoms with E-state index in [1.165, 1.54) is 0 Å². The van der Waals surface area contributed by atoms with Gasteiger partial charge in [0.2, 0.25) is 0 Å². The minimum absolute atomic E-state index is 0.0258. The van der Waals surface area contributed by atoms with Crippen LogP contribution in [0.5, 0.6) is 0 Å². The summed E-state index contributed by atoms with van der Waals surface area (Å²) >= 11 is 0. The average molecular weight is 308 g/mol. The molecule has 5 rings (SSSR count). The molecule has 0 aromatic heterocycles. The van der Waals surface area contributed by atoms with Crippen LogP contribution in [0, 0.1) is 23.2 Å². The second-order valence-electron chi connectivity index (χ2n) is 7.36. The highest BCUT2D eigenvalue weighted by Crippen LogP contribution is 2.63. The van der Waals surface area contributed by atoms with E-state index < -0.39 is 5.79 Å². The zero-order chi connectivity index (χ0) is 15.4. The lowest BCUT2D eigenvalue weighted by Gasteiger charge is -2.59. The number of fused-ring (bicyclic) bond motifs is 2. The van der Waals surface area contributed by atoms with Gasteiger partial charge in [-0.25, -0.2) is 0 Å². The van der Waals surface area contributed by atoms with Crippen LogP contribution >= 0.6 is 0 Å². The normalized spacial score (nSPS) is 42.4. The van der Waals surface area contributed by atoms with Gasteiger partial charge in [0.15, 0.2) is 5.79 Å². The predicted octanol–water partition coefficient (Wildman–Crippen LogP) is 2.08. The summed E-state index contributed by atoms with van der Waals surface area (Å²) in [4.78, 5) is 24.8. The molecule has 1 saturated heterocycles. The maximum atomic E-state index is 12.5. The van der Waals surface area contributed by atoms with E-state index in [4.69, 9.17) is 14.2 Å². The fourth-order valence-electron chi connectivity index (χ4n) is 5.46. The van der Waals surface area contributed by atoms with Crippen molar-refractivity contribution < 1.29 is 23.8 Å². The predicted molar refractivity (Wildman–Crippen MR) is 76.9 cm³/mol. The molecule has 0 N–H and O–H groups in total. The summed E-state index contributed by atoms with van der Waals surface area (Å²) in [5, 5.41) is 0. The fraction of sp³-hybridized carbons (Fsp3) is 0.882. The number of ketones is 1. The van der Waals surface area contributed by atoms with Crippen LogP contribution in [0.1, 0.15) is 45.4 Å². The fourth-order valence-corrected chi connectivity index (χ4v) is 5.46. The number of carbonyl (C=O) groups excluding carboxylic acids is 2. The van der Waals surface area contributed by atoms with Gasteiger partial charge in [-0.2, -0.15) is 0 Å². The third-order valence-corrected chi connectivity index (χ3v) is 6.47. The number of Topliss-reactive ketones (excluding diaryl/α,β-unsaturated/α-hetero) is 1. The van der Waals surface area contributed by atoms with Crippen LogP contribution in [-0.2, 0) is 23.8 Å². The van der Waals surface area contributed by atoms with Gasteiger partial charge in [-0.3, -0.25) is 9.59 Å². The first kappa shape index (κ1) is 14.6. The lowest BCUT2D eigenvalue weighted by atomic mass is 9.45. The van der Waals surface area contributed by atoms with Gasteiger partial charge < -0.3 is 14.2 Å². The molecule has 4 saturated carbocycles. The van der Waals surface area contributed by atoms with Gasteiger partial charge in [-0.1, -0.05) is 0 Å². The summed E-state index contributed by atoms with van der Waals surface area (Å²) in [6, 6.07) is 0. The molecule has 5 fully saturated rings. The van der Waals surface area contributed by atoms with Gasteiger partial charge in [-0.05, 0) is 37.5 Å². The highest BCUT2D eigenvalue weighted by atomic mass is 16.7.